The van der Waals surface area contributed by atoms with Crippen LogP contribution in [0.15, 0.2) is 41.8 Å². The molecule has 1 heterocycles. The zero-order chi connectivity index (χ0) is 14.5. The minimum absolute atomic E-state index is 0.0181. The first-order chi connectivity index (χ1) is 9.56. The van der Waals surface area contributed by atoms with Gasteiger partial charge in [0.05, 0.1) is 6.04 Å². The molecule has 0 saturated heterocycles. The van der Waals surface area contributed by atoms with Gasteiger partial charge < -0.3 is 5.32 Å². The van der Waals surface area contributed by atoms with Gasteiger partial charge in [0.2, 0.25) is 5.91 Å². The Morgan fingerprint density at radius 2 is 2.05 bits per heavy atom. The van der Waals surface area contributed by atoms with E-state index in [4.69, 9.17) is 0 Å². The number of hydrogen-bond acceptors (Lipinski definition) is 3. The number of carbonyl (C=O) groups excluding carboxylic acids is 1. The second kappa shape index (κ2) is 7.19. The van der Waals surface area contributed by atoms with E-state index in [2.05, 4.69) is 46.2 Å². The summed E-state index contributed by atoms with van der Waals surface area (Å²) in [7, 11) is 0. The number of thiophene rings is 1. The number of halogens is 1. The number of anilines is 1. The van der Waals surface area contributed by atoms with Gasteiger partial charge in [-0.1, -0.05) is 12.1 Å². The van der Waals surface area contributed by atoms with E-state index in [9.17, 15) is 4.79 Å². The molecule has 0 aliphatic heterocycles. The standard InChI is InChI=1S/C15H17IN2OS/c1-10(14-7-4-8-20-14)17-11(2)15(19)18-13-6-3-5-12(16)9-13/h3-11,17H,1-2H3,(H,18,19). The number of rotatable bonds is 5. The van der Waals surface area contributed by atoms with Crippen LogP contribution >= 0.6 is 33.9 Å². The summed E-state index contributed by atoms with van der Waals surface area (Å²) in [5, 5.41) is 8.29. The third kappa shape index (κ3) is 4.29. The van der Waals surface area contributed by atoms with Gasteiger partial charge in [-0.2, -0.15) is 0 Å². The van der Waals surface area contributed by atoms with Gasteiger partial charge >= 0.3 is 0 Å². The molecule has 1 aromatic carbocycles. The highest BCUT2D eigenvalue weighted by Crippen LogP contribution is 2.19. The van der Waals surface area contributed by atoms with E-state index in [0.717, 1.165) is 9.26 Å². The molecule has 5 heteroatoms. The molecule has 1 amide bonds. The third-order valence-electron chi connectivity index (χ3n) is 2.96. The summed E-state index contributed by atoms with van der Waals surface area (Å²) in [5.74, 6) is -0.0181. The number of nitrogens with one attached hydrogen (secondary N) is 2. The smallest absolute Gasteiger partial charge is 0.241 e. The lowest BCUT2D eigenvalue weighted by Crippen LogP contribution is -2.39. The molecule has 0 radical (unpaired) electrons. The van der Waals surface area contributed by atoms with Crippen molar-refractivity contribution in [2.24, 2.45) is 0 Å². The van der Waals surface area contributed by atoms with Gasteiger partial charge in [0, 0.05) is 20.2 Å². The lowest BCUT2D eigenvalue weighted by molar-refractivity contribution is -0.117. The first-order valence-electron chi connectivity index (χ1n) is 6.42. The first kappa shape index (κ1) is 15.5. The Morgan fingerprint density at radius 1 is 1.25 bits per heavy atom. The van der Waals surface area contributed by atoms with Gasteiger partial charge in [0.1, 0.15) is 0 Å². The lowest BCUT2D eigenvalue weighted by Gasteiger charge is -2.18. The van der Waals surface area contributed by atoms with Crippen LogP contribution in [0.25, 0.3) is 0 Å². The zero-order valence-corrected chi connectivity index (χ0v) is 14.4. The van der Waals surface area contributed by atoms with Gasteiger partial charge in [-0.15, -0.1) is 11.3 Å². The number of benzene rings is 1. The number of carbonyl (C=O) groups is 1. The van der Waals surface area contributed by atoms with E-state index in [-0.39, 0.29) is 18.0 Å². The van der Waals surface area contributed by atoms with Crippen molar-refractivity contribution in [1.29, 1.82) is 0 Å². The van der Waals surface area contributed by atoms with Crippen molar-refractivity contribution in [3.63, 3.8) is 0 Å². The molecular formula is C15H17IN2OS. The van der Waals surface area contributed by atoms with E-state index < -0.39 is 0 Å². The lowest BCUT2D eigenvalue weighted by atomic mass is 10.2. The number of amides is 1. The first-order valence-corrected chi connectivity index (χ1v) is 8.38. The Hall–Kier alpha value is -0.920. The van der Waals surface area contributed by atoms with Crippen LogP contribution in [0.1, 0.15) is 24.8 Å². The summed E-state index contributed by atoms with van der Waals surface area (Å²) in [5.41, 5.74) is 0.833. The van der Waals surface area contributed by atoms with Gasteiger partial charge in [-0.3, -0.25) is 10.1 Å². The van der Waals surface area contributed by atoms with E-state index in [0.29, 0.717) is 0 Å². The Labute approximate surface area is 136 Å². The predicted octanol–water partition coefficient (Wildman–Crippen LogP) is 4.03. The van der Waals surface area contributed by atoms with Gasteiger partial charge in [-0.05, 0) is 66.1 Å². The normalized spacial score (nSPS) is 13.8. The topological polar surface area (TPSA) is 41.1 Å². The molecule has 2 aromatic rings. The molecule has 1 aromatic heterocycles. The quantitative estimate of drug-likeness (QED) is 0.745. The van der Waals surface area contributed by atoms with Crippen molar-refractivity contribution in [3.05, 3.63) is 50.2 Å². The summed E-state index contributed by atoms with van der Waals surface area (Å²) in [6.07, 6.45) is 0. The van der Waals surface area contributed by atoms with Crippen LogP contribution in [0.2, 0.25) is 0 Å². The fourth-order valence-electron chi connectivity index (χ4n) is 1.89. The fraction of sp³-hybridized carbons (Fsp3) is 0.267. The maximum Gasteiger partial charge on any atom is 0.241 e. The van der Waals surface area contributed by atoms with E-state index in [1.54, 1.807) is 11.3 Å². The van der Waals surface area contributed by atoms with Crippen LogP contribution in [-0.4, -0.2) is 11.9 Å². The van der Waals surface area contributed by atoms with Crippen LogP contribution in [0.4, 0.5) is 5.69 Å². The molecule has 0 aliphatic carbocycles. The molecule has 0 saturated carbocycles. The summed E-state index contributed by atoms with van der Waals surface area (Å²) in [4.78, 5) is 13.4. The summed E-state index contributed by atoms with van der Waals surface area (Å²) in [6, 6.07) is 11.8. The van der Waals surface area contributed by atoms with Crippen molar-refractivity contribution < 1.29 is 4.79 Å². The summed E-state index contributed by atoms with van der Waals surface area (Å²) < 4.78 is 1.10. The van der Waals surface area contributed by atoms with Gasteiger partial charge in [0.25, 0.3) is 0 Å². The van der Waals surface area contributed by atoms with Crippen molar-refractivity contribution >= 4 is 45.5 Å². The molecule has 0 bridgehead atoms. The Bertz CT molecular complexity index is 571. The molecule has 20 heavy (non-hydrogen) atoms. The van der Waals surface area contributed by atoms with Crippen LogP contribution < -0.4 is 10.6 Å². The van der Waals surface area contributed by atoms with Crippen molar-refractivity contribution in [2.45, 2.75) is 25.9 Å². The second-order valence-electron chi connectivity index (χ2n) is 4.63. The molecule has 2 unspecified atom stereocenters. The average molecular weight is 400 g/mol. The Balaban J connectivity index is 1.92. The zero-order valence-electron chi connectivity index (χ0n) is 11.4. The summed E-state index contributed by atoms with van der Waals surface area (Å²) in [6.45, 7) is 3.95. The maximum atomic E-state index is 12.2. The minimum Gasteiger partial charge on any atom is -0.325 e. The highest BCUT2D eigenvalue weighted by Gasteiger charge is 2.16. The number of hydrogen-bond donors (Lipinski definition) is 2. The molecule has 0 fully saturated rings. The van der Waals surface area contributed by atoms with Gasteiger partial charge in [-0.25, -0.2) is 0 Å². The highest BCUT2D eigenvalue weighted by molar-refractivity contribution is 14.1. The molecule has 2 N–H and O–H groups in total. The van der Waals surface area contributed by atoms with Crippen LogP contribution in [-0.2, 0) is 4.79 Å². The minimum atomic E-state index is -0.245. The molecule has 106 valence electrons. The second-order valence-corrected chi connectivity index (χ2v) is 6.85. The Kier molecular flexibility index (Phi) is 5.56. The summed E-state index contributed by atoms with van der Waals surface area (Å²) >= 11 is 3.93. The molecule has 2 atom stereocenters. The van der Waals surface area contributed by atoms with E-state index in [1.165, 1.54) is 4.88 Å². The van der Waals surface area contributed by atoms with E-state index in [1.807, 2.05) is 42.6 Å². The molecule has 2 rings (SSSR count). The largest absolute Gasteiger partial charge is 0.325 e. The van der Waals surface area contributed by atoms with Gasteiger partial charge in [0.15, 0.2) is 0 Å². The predicted molar refractivity (Wildman–Crippen MR) is 93.1 cm³/mol. The highest BCUT2D eigenvalue weighted by atomic mass is 127. The molecule has 3 nitrogen and oxygen atoms in total. The van der Waals surface area contributed by atoms with Crippen LogP contribution in [0, 0.1) is 3.57 Å². The maximum absolute atomic E-state index is 12.2. The van der Waals surface area contributed by atoms with E-state index >= 15 is 0 Å². The monoisotopic (exact) mass is 400 g/mol. The van der Waals surface area contributed by atoms with Crippen molar-refractivity contribution in [2.75, 3.05) is 5.32 Å². The molecule has 0 aliphatic rings. The third-order valence-corrected chi connectivity index (χ3v) is 4.68. The molecular weight excluding hydrogens is 383 g/mol. The SMILES string of the molecule is CC(NC(C)c1cccs1)C(=O)Nc1cccc(I)c1. The van der Waals surface area contributed by atoms with Crippen LogP contribution in [0.3, 0.4) is 0 Å². The van der Waals surface area contributed by atoms with Crippen LogP contribution in [0.5, 0.6) is 0 Å². The fourth-order valence-corrected chi connectivity index (χ4v) is 3.17. The van der Waals surface area contributed by atoms with Crippen molar-refractivity contribution in [1.82, 2.24) is 5.32 Å². The molecule has 0 spiro atoms. The average Bonchev–Trinajstić information content (AvgIpc) is 2.92. The Morgan fingerprint density at radius 3 is 2.70 bits per heavy atom. The van der Waals surface area contributed by atoms with Crippen molar-refractivity contribution in [3.8, 4) is 0 Å².